The first-order valence-electron chi connectivity index (χ1n) is 9.52. The maximum Gasteiger partial charge on any atom is 0.407 e. The first-order valence-corrected chi connectivity index (χ1v) is 10.3. The van der Waals surface area contributed by atoms with Gasteiger partial charge in [0.2, 0.25) is 0 Å². The third-order valence-electron chi connectivity index (χ3n) is 4.62. The summed E-state index contributed by atoms with van der Waals surface area (Å²) in [5, 5.41) is 4.05. The van der Waals surface area contributed by atoms with Crippen molar-refractivity contribution in [2.24, 2.45) is 5.92 Å². The van der Waals surface area contributed by atoms with Crippen LogP contribution in [0.15, 0.2) is 12.1 Å². The molecular formula is C20H28Cl2N2O3. The van der Waals surface area contributed by atoms with Crippen LogP contribution in [0, 0.1) is 5.92 Å². The highest BCUT2D eigenvalue weighted by Gasteiger charge is 2.27. The minimum absolute atomic E-state index is 0.0898. The molecule has 150 valence electrons. The van der Waals surface area contributed by atoms with Gasteiger partial charge in [-0.25, -0.2) is 4.79 Å². The van der Waals surface area contributed by atoms with E-state index >= 15 is 0 Å². The summed E-state index contributed by atoms with van der Waals surface area (Å²) in [7, 11) is 0. The fourth-order valence-corrected chi connectivity index (χ4v) is 3.80. The van der Waals surface area contributed by atoms with Crippen molar-refractivity contribution in [3.63, 3.8) is 0 Å². The van der Waals surface area contributed by atoms with Gasteiger partial charge in [0.05, 0.1) is 16.7 Å². The van der Waals surface area contributed by atoms with Crippen molar-refractivity contribution in [3.8, 4) is 5.75 Å². The Hall–Kier alpha value is -1.17. The van der Waals surface area contributed by atoms with Gasteiger partial charge in [-0.15, -0.1) is 0 Å². The van der Waals surface area contributed by atoms with E-state index in [-0.39, 0.29) is 12.1 Å². The highest BCUT2D eigenvalue weighted by atomic mass is 35.5. The van der Waals surface area contributed by atoms with Gasteiger partial charge in [-0.05, 0) is 63.6 Å². The Bertz CT molecular complexity index is 663. The topological polar surface area (TPSA) is 50.8 Å². The first kappa shape index (κ1) is 20.6. The van der Waals surface area contributed by atoms with Crippen LogP contribution in [0.4, 0.5) is 4.79 Å². The van der Waals surface area contributed by atoms with E-state index in [1.807, 2.05) is 32.9 Å². The highest BCUT2D eigenvalue weighted by Crippen LogP contribution is 2.37. The first-order chi connectivity index (χ1) is 12.7. The summed E-state index contributed by atoms with van der Waals surface area (Å²) in [6.45, 7) is 8.67. The number of benzene rings is 1. The van der Waals surface area contributed by atoms with Crippen molar-refractivity contribution in [2.75, 3.05) is 19.7 Å². The summed E-state index contributed by atoms with van der Waals surface area (Å²) in [6.07, 6.45) is 2.97. The lowest BCUT2D eigenvalue weighted by molar-refractivity contribution is 0.0505. The van der Waals surface area contributed by atoms with Crippen LogP contribution in [-0.2, 0) is 11.3 Å². The Balaban J connectivity index is 1.51. The van der Waals surface area contributed by atoms with Gasteiger partial charge in [0.25, 0.3) is 0 Å². The molecule has 5 nitrogen and oxygen atoms in total. The number of alkyl carbamates (subject to hydrolysis) is 1. The van der Waals surface area contributed by atoms with Crippen LogP contribution in [0.3, 0.4) is 0 Å². The maximum absolute atomic E-state index is 11.9. The Morgan fingerprint density at radius 3 is 2.48 bits per heavy atom. The predicted molar refractivity (Wildman–Crippen MR) is 108 cm³/mol. The molecule has 1 aromatic rings. The molecule has 2 fully saturated rings. The Kier molecular flexibility index (Phi) is 6.44. The smallest absolute Gasteiger partial charge is 0.407 e. The molecule has 27 heavy (non-hydrogen) atoms. The summed E-state index contributed by atoms with van der Waals surface area (Å²) < 4.78 is 11.1. The van der Waals surface area contributed by atoms with Crippen molar-refractivity contribution >= 4 is 29.3 Å². The third kappa shape index (κ3) is 6.44. The maximum atomic E-state index is 11.9. The molecule has 1 aromatic carbocycles. The number of hydrogen-bond acceptors (Lipinski definition) is 4. The Morgan fingerprint density at radius 2 is 1.89 bits per heavy atom. The number of likely N-dealkylation sites (tertiary alicyclic amines) is 1. The zero-order valence-corrected chi connectivity index (χ0v) is 17.7. The van der Waals surface area contributed by atoms with Crippen LogP contribution < -0.4 is 10.1 Å². The fourth-order valence-electron chi connectivity index (χ4n) is 3.15. The van der Waals surface area contributed by atoms with E-state index in [2.05, 4.69) is 10.2 Å². The molecule has 1 saturated carbocycles. The molecule has 1 amide bonds. The van der Waals surface area contributed by atoms with Gasteiger partial charge in [-0.3, -0.25) is 4.90 Å². The van der Waals surface area contributed by atoms with Crippen LogP contribution in [0.1, 0.15) is 45.6 Å². The van der Waals surface area contributed by atoms with Crippen LogP contribution in [0.2, 0.25) is 10.0 Å². The zero-order valence-electron chi connectivity index (χ0n) is 16.2. The molecule has 1 N–H and O–H groups in total. The lowest BCUT2D eigenvalue weighted by Gasteiger charge is -2.22. The highest BCUT2D eigenvalue weighted by molar-refractivity contribution is 6.37. The van der Waals surface area contributed by atoms with Crippen LogP contribution in [0.25, 0.3) is 0 Å². The van der Waals surface area contributed by atoms with Crippen molar-refractivity contribution in [1.82, 2.24) is 10.2 Å². The van der Waals surface area contributed by atoms with Gasteiger partial charge in [0.15, 0.2) is 5.75 Å². The van der Waals surface area contributed by atoms with Crippen LogP contribution in [-0.4, -0.2) is 42.3 Å². The molecule has 1 saturated heterocycles. The number of nitrogens with zero attached hydrogens (tertiary/aromatic N) is 1. The number of nitrogens with one attached hydrogen (secondary N) is 1. The molecule has 7 heteroatoms. The molecule has 0 radical (unpaired) electrons. The Morgan fingerprint density at radius 1 is 1.22 bits per heavy atom. The zero-order chi connectivity index (χ0) is 19.6. The summed E-state index contributed by atoms with van der Waals surface area (Å²) in [4.78, 5) is 14.2. The van der Waals surface area contributed by atoms with Gasteiger partial charge in [-0.1, -0.05) is 23.2 Å². The lowest BCUT2D eigenvalue weighted by Crippen LogP contribution is -2.40. The lowest BCUT2D eigenvalue weighted by atomic mass is 10.2. The van der Waals surface area contributed by atoms with Crippen molar-refractivity contribution < 1.29 is 14.3 Å². The second-order valence-corrected chi connectivity index (χ2v) is 9.32. The normalized spacial score (nSPS) is 20.6. The minimum Gasteiger partial charge on any atom is -0.490 e. The Labute approximate surface area is 171 Å². The molecule has 1 atom stereocenters. The monoisotopic (exact) mass is 414 g/mol. The number of carbonyl (C=O) groups excluding carboxylic acids is 1. The number of hydrogen-bond donors (Lipinski definition) is 1. The van der Waals surface area contributed by atoms with E-state index in [1.165, 1.54) is 12.8 Å². The summed E-state index contributed by atoms with van der Waals surface area (Å²) in [6, 6.07) is 3.93. The molecule has 1 heterocycles. The summed E-state index contributed by atoms with van der Waals surface area (Å²) in [5.74, 6) is 1.23. The number of carbonyl (C=O) groups is 1. The third-order valence-corrected chi connectivity index (χ3v) is 5.18. The van der Waals surface area contributed by atoms with E-state index in [9.17, 15) is 4.79 Å². The summed E-state index contributed by atoms with van der Waals surface area (Å²) >= 11 is 12.8. The molecule has 0 bridgehead atoms. The van der Waals surface area contributed by atoms with Gasteiger partial charge >= 0.3 is 6.09 Å². The largest absolute Gasteiger partial charge is 0.490 e. The minimum atomic E-state index is -0.487. The average Bonchev–Trinajstić information content (AvgIpc) is 3.25. The molecule has 0 aromatic heterocycles. The van der Waals surface area contributed by atoms with E-state index < -0.39 is 5.60 Å². The van der Waals surface area contributed by atoms with E-state index in [0.29, 0.717) is 28.3 Å². The predicted octanol–water partition coefficient (Wildman–Crippen LogP) is 4.88. The SMILES string of the molecule is CC(C)(C)OC(=O)N[C@H]1CCN(Cc2cc(Cl)c(OCC3CC3)c(Cl)c2)C1. The number of amides is 1. The van der Waals surface area contributed by atoms with E-state index in [0.717, 1.165) is 31.6 Å². The van der Waals surface area contributed by atoms with Crippen molar-refractivity contribution in [3.05, 3.63) is 27.7 Å². The van der Waals surface area contributed by atoms with Crippen molar-refractivity contribution in [1.29, 1.82) is 0 Å². The second kappa shape index (κ2) is 8.46. The standard InChI is InChI=1S/C20H28Cl2N2O3/c1-20(2,3)27-19(25)23-15-6-7-24(11-15)10-14-8-16(21)18(17(22)9-14)26-12-13-4-5-13/h8-9,13,15H,4-7,10-12H2,1-3H3,(H,23,25)/t15-/m0/s1. The molecule has 0 unspecified atom stereocenters. The molecule has 1 aliphatic carbocycles. The molecule has 2 aliphatic rings. The van der Waals surface area contributed by atoms with E-state index in [1.54, 1.807) is 0 Å². The molecule has 0 spiro atoms. The van der Waals surface area contributed by atoms with Gasteiger partial charge < -0.3 is 14.8 Å². The molecule has 3 rings (SSSR count). The fraction of sp³-hybridized carbons (Fsp3) is 0.650. The van der Waals surface area contributed by atoms with Crippen LogP contribution in [0.5, 0.6) is 5.75 Å². The second-order valence-electron chi connectivity index (χ2n) is 8.51. The molecular weight excluding hydrogens is 387 g/mol. The number of ether oxygens (including phenoxy) is 2. The van der Waals surface area contributed by atoms with Crippen LogP contribution >= 0.6 is 23.2 Å². The van der Waals surface area contributed by atoms with Crippen molar-refractivity contribution in [2.45, 2.75) is 58.2 Å². The van der Waals surface area contributed by atoms with E-state index in [4.69, 9.17) is 32.7 Å². The number of rotatable bonds is 6. The van der Waals surface area contributed by atoms with Gasteiger partial charge in [0, 0.05) is 25.7 Å². The average molecular weight is 415 g/mol. The van der Waals surface area contributed by atoms with Gasteiger partial charge in [0.1, 0.15) is 5.60 Å². The number of halogens is 2. The summed E-state index contributed by atoms with van der Waals surface area (Å²) in [5.41, 5.74) is 0.556. The molecule has 1 aliphatic heterocycles. The van der Waals surface area contributed by atoms with Gasteiger partial charge in [-0.2, -0.15) is 0 Å². The quantitative estimate of drug-likeness (QED) is 0.720.